The van der Waals surface area contributed by atoms with Crippen LogP contribution in [0.5, 0.6) is 0 Å². The van der Waals surface area contributed by atoms with Crippen LogP contribution in [0.1, 0.15) is 52.6 Å². The van der Waals surface area contributed by atoms with Crippen LogP contribution in [0.4, 0.5) is 11.4 Å². The molecule has 12 heteroatoms. The molecule has 4 aliphatic heterocycles. The first-order valence-corrected chi connectivity index (χ1v) is 16.6. The van der Waals surface area contributed by atoms with Crippen molar-refractivity contribution in [3.8, 4) is 0 Å². The third-order valence-corrected chi connectivity index (χ3v) is 10.7. The van der Waals surface area contributed by atoms with Crippen LogP contribution in [0.3, 0.4) is 0 Å². The Balaban J connectivity index is 0.929. The van der Waals surface area contributed by atoms with Crippen molar-refractivity contribution in [1.29, 1.82) is 0 Å². The van der Waals surface area contributed by atoms with Crippen LogP contribution >= 0.6 is 15.9 Å². The van der Waals surface area contributed by atoms with Gasteiger partial charge in [0.1, 0.15) is 4.47 Å². The Hall–Kier alpha value is -4.03. The number of hydrogen-bond donors (Lipinski definition) is 2. The number of nitrogens with zero attached hydrogens (tertiary/aromatic N) is 5. The zero-order valence-corrected chi connectivity index (χ0v) is 27.6. The van der Waals surface area contributed by atoms with Gasteiger partial charge in [0.2, 0.25) is 11.8 Å². The van der Waals surface area contributed by atoms with Crippen molar-refractivity contribution < 1.29 is 14.4 Å². The number of benzene rings is 2. The molecule has 46 heavy (non-hydrogen) atoms. The number of rotatable bonds is 6. The minimum absolute atomic E-state index is 0.0683. The summed E-state index contributed by atoms with van der Waals surface area (Å²) in [5.74, 6) is -0.351. The number of halogens is 1. The number of imide groups is 1. The van der Waals surface area contributed by atoms with Gasteiger partial charge >= 0.3 is 0 Å². The van der Waals surface area contributed by atoms with E-state index in [9.17, 15) is 19.2 Å². The smallest absolute Gasteiger partial charge is 0.282 e. The maximum atomic E-state index is 13.4. The lowest BCUT2D eigenvalue weighted by Gasteiger charge is -2.61. The molecule has 7 rings (SSSR count). The van der Waals surface area contributed by atoms with Crippen LogP contribution in [0.25, 0.3) is 0 Å². The summed E-state index contributed by atoms with van der Waals surface area (Å²) in [6.07, 6.45) is 3.49. The number of nitrogens with one attached hydrogen (secondary N) is 2. The molecule has 2 aromatic carbocycles. The Morgan fingerprint density at radius 3 is 2.50 bits per heavy atom. The van der Waals surface area contributed by atoms with Crippen molar-refractivity contribution in [2.24, 2.45) is 12.5 Å². The maximum Gasteiger partial charge on any atom is 0.282 e. The molecule has 4 saturated heterocycles. The summed E-state index contributed by atoms with van der Waals surface area (Å²) < 4.78 is 1.79. The average molecular weight is 689 g/mol. The second kappa shape index (κ2) is 12.0. The van der Waals surface area contributed by atoms with E-state index in [4.69, 9.17) is 0 Å². The highest BCUT2D eigenvalue weighted by molar-refractivity contribution is 9.10. The zero-order chi connectivity index (χ0) is 32.2. The Morgan fingerprint density at radius 1 is 1.00 bits per heavy atom. The minimum Gasteiger partial charge on any atom is -0.379 e. The molecule has 4 aliphatic rings. The summed E-state index contributed by atoms with van der Waals surface area (Å²) in [6, 6.07) is 16.3. The number of aryl methyl sites for hydroxylation is 1. The largest absolute Gasteiger partial charge is 0.379 e. The first kappa shape index (κ1) is 30.6. The molecule has 0 aliphatic carbocycles. The number of aromatic nitrogens is 2. The lowest BCUT2D eigenvalue weighted by atomic mass is 9.72. The summed E-state index contributed by atoms with van der Waals surface area (Å²) in [5.41, 5.74) is 4.57. The number of piperidine rings is 2. The van der Waals surface area contributed by atoms with E-state index in [0.29, 0.717) is 34.5 Å². The first-order chi connectivity index (χ1) is 22.1. The van der Waals surface area contributed by atoms with Gasteiger partial charge in [-0.1, -0.05) is 24.3 Å². The fourth-order valence-electron chi connectivity index (χ4n) is 7.58. The molecule has 11 nitrogen and oxygen atoms in total. The highest BCUT2D eigenvalue weighted by atomic mass is 79.9. The van der Waals surface area contributed by atoms with Crippen LogP contribution in [-0.4, -0.2) is 89.7 Å². The van der Waals surface area contributed by atoms with Gasteiger partial charge in [0, 0.05) is 75.4 Å². The lowest BCUT2D eigenvalue weighted by molar-refractivity contribution is -0.134. The third-order valence-electron chi connectivity index (χ3n) is 9.97. The molecule has 2 N–H and O–H groups in total. The van der Waals surface area contributed by atoms with Crippen LogP contribution in [0, 0.1) is 5.41 Å². The quantitative estimate of drug-likeness (QED) is 0.380. The van der Waals surface area contributed by atoms with E-state index in [2.05, 4.69) is 72.8 Å². The SMILES string of the molecule is CN1CC(Nc2cnn(C)c(=O)c2Br)CC(c2ccc(C(=O)N3CC4(C3)CN(c3cccc(C5CCC(=O)NC5=O)c3)C4)cc2)C1. The number of hydrogen-bond acceptors (Lipinski definition) is 8. The molecule has 0 radical (unpaired) electrons. The van der Waals surface area contributed by atoms with Crippen molar-refractivity contribution in [2.75, 3.05) is 56.5 Å². The van der Waals surface area contributed by atoms with E-state index in [1.54, 1.807) is 13.2 Å². The van der Waals surface area contributed by atoms with Crippen LogP contribution in [0.15, 0.2) is 64.0 Å². The zero-order valence-electron chi connectivity index (χ0n) is 26.0. The maximum absolute atomic E-state index is 13.4. The number of likely N-dealkylation sites (N-methyl/N-ethyl adjacent to an activating group) is 1. The fraction of sp³-hybridized carbons (Fsp3) is 0.441. The van der Waals surface area contributed by atoms with Crippen LogP contribution < -0.4 is 21.1 Å². The molecule has 3 unspecified atom stereocenters. The second-order valence-electron chi connectivity index (χ2n) is 13.5. The Kier molecular flexibility index (Phi) is 7.96. The molecule has 4 fully saturated rings. The van der Waals surface area contributed by atoms with Crippen molar-refractivity contribution >= 4 is 45.0 Å². The van der Waals surface area contributed by atoms with Crippen molar-refractivity contribution in [1.82, 2.24) is 24.9 Å². The summed E-state index contributed by atoms with van der Waals surface area (Å²) >= 11 is 3.42. The number of amides is 3. The van der Waals surface area contributed by atoms with Gasteiger partial charge in [0.15, 0.2) is 0 Å². The highest BCUT2D eigenvalue weighted by Crippen LogP contribution is 2.43. The van der Waals surface area contributed by atoms with Crippen molar-refractivity contribution in [3.63, 3.8) is 0 Å². The standard InChI is InChI=1S/C34H38BrN7O4/c1-39-15-24(12-25(16-39)37-28-14-36-40(2)33(46)30(28)35)21-6-8-22(9-7-21)32(45)42-19-34(20-42)17-41(18-34)26-5-3-4-23(13-26)27-10-11-29(43)38-31(27)44/h3-9,13-14,24-25,27,37H,10-12,15-20H2,1-2H3,(H,38,43,44). The number of carbonyl (C=O) groups is 3. The van der Waals surface area contributed by atoms with Gasteiger partial charge < -0.3 is 20.0 Å². The number of anilines is 2. The van der Waals surface area contributed by atoms with E-state index in [-0.39, 0.29) is 40.7 Å². The Labute approximate surface area is 276 Å². The number of likely N-dealkylation sites (tertiary alicyclic amines) is 2. The highest BCUT2D eigenvalue weighted by Gasteiger charge is 2.53. The van der Waals surface area contributed by atoms with Gasteiger partial charge in [0.25, 0.3) is 11.5 Å². The summed E-state index contributed by atoms with van der Waals surface area (Å²) in [7, 11) is 3.73. The molecule has 240 valence electrons. The summed E-state index contributed by atoms with van der Waals surface area (Å²) in [5, 5.41) is 10.1. The molecule has 3 aromatic rings. The summed E-state index contributed by atoms with van der Waals surface area (Å²) in [6.45, 7) is 5.01. The topological polar surface area (TPSA) is 120 Å². The van der Waals surface area contributed by atoms with Gasteiger partial charge in [-0.3, -0.25) is 24.5 Å². The predicted molar refractivity (Wildman–Crippen MR) is 178 cm³/mol. The fourth-order valence-corrected chi connectivity index (χ4v) is 8.05. The van der Waals surface area contributed by atoms with E-state index in [1.807, 2.05) is 29.2 Å². The van der Waals surface area contributed by atoms with Gasteiger partial charge in [0.05, 0.1) is 17.8 Å². The number of carbonyl (C=O) groups excluding carboxylic acids is 3. The van der Waals surface area contributed by atoms with E-state index in [0.717, 1.165) is 56.9 Å². The Bertz CT molecular complexity index is 1740. The molecule has 3 atom stereocenters. The summed E-state index contributed by atoms with van der Waals surface area (Å²) in [4.78, 5) is 56.1. The molecule has 1 aromatic heterocycles. The molecule has 0 saturated carbocycles. The molecule has 5 heterocycles. The van der Waals surface area contributed by atoms with Crippen LogP contribution in [0.2, 0.25) is 0 Å². The third kappa shape index (κ3) is 5.84. The van der Waals surface area contributed by atoms with Crippen LogP contribution in [-0.2, 0) is 16.6 Å². The molecule has 1 spiro atoms. The van der Waals surface area contributed by atoms with Crippen molar-refractivity contribution in [2.45, 2.75) is 37.1 Å². The average Bonchev–Trinajstić information content (AvgIpc) is 3.00. The first-order valence-electron chi connectivity index (χ1n) is 15.8. The lowest BCUT2D eigenvalue weighted by Crippen LogP contribution is -2.73. The molecular weight excluding hydrogens is 650 g/mol. The van der Waals surface area contributed by atoms with E-state index in [1.165, 1.54) is 10.2 Å². The Morgan fingerprint density at radius 2 is 1.76 bits per heavy atom. The molecular formula is C34H38BrN7O4. The van der Waals surface area contributed by atoms with E-state index < -0.39 is 0 Å². The van der Waals surface area contributed by atoms with Gasteiger partial charge in [-0.2, -0.15) is 5.10 Å². The molecule has 0 bridgehead atoms. The van der Waals surface area contributed by atoms with Crippen molar-refractivity contribution in [3.05, 3.63) is 86.2 Å². The monoisotopic (exact) mass is 687 g/mol. The minimum atomic E-state index is -0.292. The van der Waals surface area contributed by atoms with E-state index >= 15 is 0 Å². The van der Waals surface area contributed by atoms with Gasteiger partial charge in [-0.25, -0.2) is 4.68 Å². The second-order valence-corrected chi connectivity index (χ2v) is 14.3. The predicted octanol–water partition coefficient (Wildman–Crippen LogP) is 2.93. The van der Waals surface area contributed by atoms with Gasteiger partial charge in [-0.05, 0) is 77.1 Å². The van der Waals surface area contributed by atoms with Gasteiger partial charge in [-0.15, -0.1) is 0 Å². The normalized spacial score (nSPS) is 24.3. The molecule has 3 amide bonds.